The van der Waals surface area contributed by atoms with Crippen LogP contribution in [0.1, 0.15) is 34.6 Å². The third kappa shape index (κ3) is 2.08. The van der Waals surface area contributed by atoms with E-state index in [2.05, 4.69) is 0 Å². The average molecular weight is 233 g/mol. The molecule has 2 amide bonds. The Morgan fingerprint density at radius 1 is 1.18 bits per heavy atom. The Hall–Kier alpha value is -1.68. The second-order valence-corrected chi connectivity index (χ2v) is 3.72. The third-order valence-electron chi connectivity index (χ3n) is 2.67. The van der Waals surface area contributed by atoms with Gasteiger partial charge in [0.2, 0.25) is 0 Å². The van der Waals surface area contributed by atoms with E-state index in [-0.39, 0.29) is 17.9 Å². The van der Waals surface area contributed by atoms with Crippen molar-refractivity contribution in [3.8, 4) is 0 Å². The summed E-state index contributed by atoms with van der Waals surface area (Å²) in [5.41, 5.74) is 1.01. The molecule has 2 aliphatic heterocycles. The zero-order valence-electron chi connectivity index (χ0n) is 9.97. The van der Waals surface area contributed by atoms with Crippen molar-refractivity contribution in [2.75, 3.05) is 13.2 Å². The predicted octanol–water partition coefficient (Wildman–Crippen LogP) is 1.71. The highest BCUT2D eigenvalue weighted by molar-refractivity contribution is 6.21. The van der Waals surface area contributed by atoms with Crippen molar-refractivity contribution >= 4 is 11.8 Å². The van der Waals surface area contributed by atoms with Crippen molar-refractivity contribution in [3.05, 3.63) is 35.4 Å². The Balaban J connectivity index is 0.000000514. The Bertz CT molecular complexity index is 417. The Morgan fingerprint density at radius 3 is 2.06 bits per heavy atom. The zero-order valence-corrected chi connectivity index (χ0v) is 9.97. The van der Waals surface area contributed by atoms with Gasteiger partial charge in [0.1, 0.15) is 0 Å². The average Bonchev–Trinajstić information content (AvgIpc) is 3.17. The minimum absolute atomic E-state index is 0.0483. The molecule has 2 aliphatic rings. The number of benzene rings is 1. The number of carbonyl (C=O) groups is 2. The van der Waals surface area contributed by atoms with E-state index in [4.69, 9.17) is 4.74 Å². The van der Waals surface area contributed by atoms with Gasteiger partial charge in [-0.3, -0.25) is 14.5 Å². The van der Waals surface area contributed by atoms with Crippen molar-refractivity contribution < 1.29 is 14.3 Å². The second-order valence-electron chi connectivity index (χ2n) is 3.72. The molecular formula is C13H15NO3. The van der Waals surface area contributed by atoms with E-state index < -0.39 is 0 Å². The number of hydrogen-bond acceptors (Lipinski definition) is 3. The van der Waals surface area contributed by atoms with E-state index in [1.165, 1.54) is 4.90 Å². The molecule has 0 N–H and O–H groups in total. The van der Waals surface area contributed by atoms with Crippen LogP contribution in [-0.4, -0.2) is 36.0 Å². The molecule has 3 rings (SSSR count). The monoisotopic (exact) mass is 233 g/mol. The number of amides is 2. The smallest absolute Gasteiger partial charge is 0.261 e. The number of carbonyl (C=O) groups excluding carboxylic acids is 2. The topological polar surface area (TPSA) is 49.9 Å². The van der Waals surface area contributed by atoms with Gasteiger partial charge in [-0.1, -0.05) is 26.0 Å². The summed E-state index contributed by atoms with van der Waals surface area (Å²) in [6.45, 7) is 5.03. The van der Waals surface area contributed by atoms with Crippen molar-refractivity contribution in [2.45, 2.75) is 20.0 Å². The summed E-state index contributed by atoms with van der Waals surface area (Å²) < 4.78 is 5.02. The first-order valence-corrected chi connectivity index (χ1v) is 5.84. The first-order valence-electron chi connectivity index (χ1n) is 5.84. The summed E-state index contributed by atoms with van der Waals surface area (Å²) in [5, 5.41) is 0. The molecule has 2 heterocycles. The number of fused-ring (bicyclic) bond motifs is 1. The SMILES string of the molecule is CC.O=C1c2ccccc2C(=O)N1C[C@H]1CO1. The lowest BCUT2D eigenvalue weighted by Crippen LogP contribution is -2.33. The van der Waals surface area contributed by atoms with Gasteiger partial charge in [-0.15, -0.1) is 0 Å². The van der Waals surface area contributed by atoms with Crippen molar-refractivity contribution in [3.63, 3.8) is 0 Å². The van der Waals surface area contributed by atoms with Crippen LogP contribution in [0, 0.1) is 0 Å². The van der Waals surface area contributed by atoms with Gasteiger partial charge in [0.15, 0.2) is 0 Å². The van der Waals surface area contributed by atoms with Crippen LogP contribution in [-0.2, 0) is 4.74 Å². The second kappa shape index (κ2) is 4.67. The van der Waals surface area contributed by atoms with Gasteiger partial charge in [0.05, 0.1) is 30.4 Å². The van der Waals surface area contributed by atoms with Crippen LogP contribution in [0.15, 0.2) is 24.3 Å². The van der Waals surface area contributed by atoms with Gasteiger partial charge in [0, 0.05) is 0 Å². The molecule has 1 aromatic carbocycles. The Kier molecular flexibility index (Phi) is 3.24. The molecule has 90 valence electrons. The largest absolute Gasteiger partial charge is 0.371 e. The standard InChI is InChI=1S/C11H9NO3.C2H6/c13-10-8-3-1-2-4-9(8)11(14)12(10)5-7-6-15-7;1-2/h1-4,7H,5-6H2;1-2H3/t7-;/m0./s1. The van der Waals surface area contributed by atoms with Crippen molar-refractivity contribution in [1.82, 2.24) is 4.90 Å². The van der Waals surface area contributed by atoms with Crippen LogP contribution >= 0.6 is 0 Å². The molecule has 0 spiro atoms. The molecule has 0 aromatic heterocycles. The van der Waals surface area contributed by atoms with E-state index in [9.17, 15) is 9.59 Å². The van der Waals surface area contributed by atoms with E-state index in [1.54, 1.807) is 24.3 Å². The van der Waals surface area contributed by atoms with Crippen LogP contribution in [0.3, 0.4) is 0 Å². The molecule has 0 radical (unpaired) electrons. The lowest BCUT2D eigenvalue weighted by Gasteiger charge is -2.10. The molecule has 17 heavy (non-hydrogen) atoms. The number of hydrogen-bond donors (Lipinski definition) is 0. The van der Waals surface area contributed by atoms with Crippen LogP contribution in [0.4, 0.5) is 0 Å². The van der Waals surface area contributed by atoms with Gasteiger partial charge >= 0.3 is 0 Å². The lowest BCUT2D eigenvalue weighted by molar-refractivity contribution is 0.0642. The number of ether oxygens (including phenoxy) is 1. The number of imide groups is 1. The molecule has 0 bridgehead atoms. The Labute approximate surface area is 100 Å². The molecule has 0 saturated carbocycles. The van der Waals surface area contributed by atoms with E-state index in [0.717, 1.165) is 0 Å². The highest BCUT2D eigenvalue weighted by atomic mass is 16.6. The van der Waals surface area contributed by atoms with Gasteiger partial charge in [0.25, 0.3) is 11.8 Å². The molecule has 1 aromatic rings. The normalized spacial score (nSPS) is 20.8. The van der Waals surface area contributed by atoms with E-state index in [0.29, 0.717) is 24.3 Å². The van der Waals surface area contributed by atoms with Crippen molar-refractivity contribution in [2.24, 2.45) is 0 Å². The van der Waals surface area contributed by atoms with E-state index in [1.807, 2.05) is 13.8 Å². The third-order valence-corrected chi connectivity index (χ3v) is 2.67. The summed E-state index contributed by atoms with van der Waals surface area (Å²) >= 11 is 0. The highest BCUT2D eigenvalue weighted by Crippen LogP contribution is 2.24. The fourth-order valence-corrected chi connectivity index (χ4v) is 1.78. The molecule has 1 fully saturated rings. The maximum atomic E-state index is 11.8. The maximum absolute atomic E-state index is 11.8. The quantitative estimate of drug-likeness (QED) is 0.577. The van der Waals surface area contributed by atoms with E-state index >= 15 is 0 Å². The van der Waals surface area contributed by atoms with Crippen LogP contribution in [0.25, 0.3) is 0 Å². The summed E-state index contributed by atoms with van der Waals surface area (Å²) in [4.78, 5) is 24.9. The molecule has 0 unspecified atom stereocenters. The fourth-order valence-electron chi connectivity index (χ4n) is 1.78. The summed E-state index contributed by atoms with van der Waals surface area (Å²) in [7, 11) is 0. The van der Waals surface area contributed by atoms with Crippen LogP contribution < -0.4 is 0 Å². The van der Waals surface area contributed by atoms with Crippen LogP contribution in [0.5, 0.6) is 0 Å². The van der Waals surface area contributed by atoms with Gasteiger partial charge in [-0.2, -0.15) is 0 Å². The summed E-state index contributed by atoms with van der Waals surface area (Å²) in [5.74, 6) is -0.405. The van der Waals surface area contributed by atoms with Crippen LogP contribution in [0.2, 0.25) is 0 Å². The molecule has 4 nitrogen and oxygen atoms in total. The van der Waals surface area contributed by atoms with Gasteiger partial charge in [-0.25, -0.2) is 0 Å². The molecular weight excluding hydrogens is 218 g/mol. The minimum atomic E-state index is -0.203. The first kappa shape index (κ1) is 11.8. The zero-order chi connectivity index (χ0) is 12.4. The maximum Gasteiger partial charge on any atom is 0.261 e. The molecule has 1 saturated heterocycles. The minimum Gasteiger partial charge on any atom is -0.371 e. The summed E-state index contributed by atoms with van der Waals surface area (Å²) in [6.07, 6.45) is 0.0483. The number of epoxide rings is 1. The summed E-state index contributed by atoms with van der Waals surface area (Å²) in [6, 6.07) is 6.90. The molecule has 4 heteroatoms. The molecule has 1 atom stereocenters. The van der Waals surface area contributed by atoms with Gasteiger partial charge in [-0.05, 0) is 12.1 Å². The molecule has 0 aliphatic carbocycles. The first-order chi connectivity index (χ1) is 8.27. The highest BCUT2D eigenvalue weighted by Gasteiger charge is 2.38. The number of nitrogens with zero attached hydrogens (tertiary/aromatic N) is 1. The lowest BCUT2D eigenvalue weighted by atomic mass is 10.1. The van der Waals surface area contributed by atoms with Crippen molar-refractivity contribution in [1.29, 1.82) is 0 Å². The number of rotatable bonds is 2. The Morgan fingerprint density at radius 2 is 1.65 bits per heavy atom. The predicted molar refractivity (Wildman–Crippen MR) is 62.9 cm³/mol. The fraction of sp³-hybridized carbons (Fsp3) is 0.385. The van der Waals surface area contributed by atoms with Gasteiger partial charge < -0.3 is 4.74 Å².